The van der Waals surface area contributed by atoms with Gasteiger partial charge in [0.2, 0.25) is 11.8 Å². The SMILES string of the molecule is CC(=O)N[C@@H]1C(=O)N([C@H](CO)c2ccccc2)[C@@H]1COC(C)(C)C. The van der Waals surface area contributed by atoms with Crippen LogP contribution in [0.25, 0.3) is 0 Å². The number of nitrogens with zero attached hydrogens (tertiary/aromatic N) is 1. The summed E-state index contributed by atoms with van der Waals surface area (Å²) in [6, 6.07) is 8.01. The molecule has 1 aliphatic heterocycles. The van der Waals surface area contributed by atoms with Crippen molar-refractivity contribution in [1.82, 2.24) is 10.2 Å². The molecule has 6 heteroatoms. The van der Waals surface area contributed by atoms with Crippen molar-refractivity contribution in [2.24, 2.45) is 0 Å². The maximum Gasteiger partial charge on any atom is 0.248 e. The Morgan fingerprint density at radius 2 is 1.96 bits per heavy atom. The van der Waals surface area contributed by atoms with Crippen LogP contribution in [0.1, 0.15) is 39.3 Å². The first-order valence-electron chi connectivity index (χ1n) is 8.13. The van der Waals surface area contributed by atoms with Crippen LogP contribution in [-0.4, -0.2) is 52.7 Å². The van der Waals surface area contributed by atoms with Gasteiger partial charge in [-0.15, -0.1) is 0 Å². The summed E-state index contributed by atoms with van der Waals surface area (Å²) in [7, 11) is 0. The zero-order valence-corrected chi connectivity index (χ0v) is 14.7. The molecule has 1 heterocycles. The molecular weight excluding hydrogens is 308 g/mol. The number of likely N-dealkylation sites (tertiary alicyclic amines) is 1. The van der Waals surface area contributed by atoms with E-state index in [0.717, 1.165) is 5.56 Å². The van der Waals surface area contributed by atoms with E-state index in [0.29, 0.717) is 6.61 Å². The fraction of sp³-hybridized carbons (Fsp3) is 0.556. The van der Waals surface area contributed by atoms with Crippen molar-refractivity contribution in [3.63, 3.8) is 0 Å². The molecule has 0 unspecified atom stereocenters. The van der Waals surface area contributed by atoms with E-state index in [-0.39, 0.29) is 30.1 Å². The minimum atomic E-state index is -0.609. The number of aliphatic hydroxyl groups excluding tert-OH is 1. The number of carbonyl (C=O) groups is 2. The number of ether oxygens (including phenoxy) is 1. The summed E-state index contributed by atoms with van der Waals surface area (Å²) in [5, 5.41) is 12.5. The second-order valence-electron chi connectivity index (χ2n) is 7.02. The van der Waals surface area contributed by atoms with Gasteiger partial charge in [0.05, 0.1) is 30.9 Å². The highest BCUT2D eigenvalue weighted by molar-refractivity contribution is 5.93. The van der Waals surface area contributed by atoms with Crippen molar-refractivity contribution in [3.05, 3.63) is 35.9 Å². The largest absolute Gasteiger partial charge is 0.394 e. The quantitative estimate of drug-likeness (QED) is 0.768. The molecule has 0 bridgehead atoms. The molecule has 2 N–H and O–H groups in total. The van der Waals surface area contributed by atoms with Crippen LogP contribution in [0.15, 0.2) is 30.3 Å². The van der Waals surface area contributed by atoms with Crippen LogP contribution < -0.4 is 5.32 Å². The molecule has 3 atom stereocenters. The average molecular weight is 334 g/mol. The highest BCUT2D eigenvalue weighted by Gasteiger charge is 2.51. The highest BCUT2D eigenvalue weighted by Crippen LogP contribution is 2.32. The Kier molecular flexibility index (Phi) is 5.62. The summed E-state index contributed by atoms with van der Waals surface area (Å²) < 4.78 is 5.83. The number of β-lactam (4-membered cyclic amide) rings is 1. The molecule has 132 valence electrons. The van der Waals surface area contributed by atoms with Crippen molar-refractivity contribution in [1.29, 1.82) is 0 Å². The summed E-state index contributed by atoms with van der Waals surface area (Å²) in [5.74, 6) is -0.454. The van der Waals surface area contributed by atoms with Gasteiger partial charge in [0.15, 0.2) is 0 Å². The normalized spacial score (nSPS) is 22.0. The molecule has 2 rings (SSSR count). The molecule has 1 aromatic rings. The predicted molar refractivity (Wildman–Crippen MR) is 90.2 cm³/mol. The number of hydrogen-bond acceptors (Lipinski definition) is 4. The van der Waals surface area contributed by atoms with Gasteiger partial charge in [0.25, 0.3) is 0 Å². The van der Waals surface area contributed by atoms with Gasteiger partial charge in [-0.3, -0.25) is 9.59 Å². The molecule has 0 spiro atoms. The third kappa shape index (κ3) is 4.13. The van der Waals surface area contributed by atoms with Crippen molar-refractivity contribution >= 4 is 11.8 Å². The van der Waals surface area contributed by atoms with Gasteiger partial charge in [0.1, 0.15) is 6.04 Å². The maximum absolute atomic E-state index is 12.6. The van der Waals surface area contributed by atoms with E-state index in [4.69, 9.17) is 4.74 Å². The van der Waals surface area contributed by atoms with Gasteiger partial charge in [-0.2, -0.15) is 0 Å². The van der Waals surface area contributed by atoms with Crippen molar-refractivity contribution < 1.29 is 19.4 Å². The highest BCUT2D eigenvalue weighted by atomic mass is 16.5. The lowest BCUT2D eigenvalue weighted by atomic mass is 9.90. The van der Waals surface area contributed by atoms with E-state index in [1.165, 1.54) is 6.92 Å². The van der Waals surface area contributed by atoms with E-state index < -0.39 is 12.1 Å². The molecule has 1 aromatic carbocycles. The predicted octanol–water partition coefficient (Wildman–Crippen LogP) is 1.25. The fourth-order valence-corrected chi connectivity index (χ4v) is 2.87. The number of amides is 2. The van der Waals surface area contributed by atoms with Gasteiger partial charge in [-0.25, -0.2) is 0 Å². The Morgan fingerprint density at radius 1 is 1.33 bits per heavy atom. The van der Waals surface area contributed by atoms with E-state index in [2.05, 4.69) is 5.32 Å². The Hall–Kier alpha value is -1.92. The topological polar surface area (TPSA) is 78.9 Å². The van der Waals surface area contributed by atoms with Gasteiger partial charge < -0.3 is 20.1 Å². The van der Waals surface area contributed by atoms with Gasteiger partial charge in [-0.05, 0) is 26.3 Å². The monoisotopic (exact) mass is 334 g/mol. The van der Waals surface area contributed by atoms with Gasteiger partial charge in [-0.1, -0.05) is 30.3 Å². The second kappa shape index (κ2) is 7.32. The Morgan fingerprint density at radius 3 is 2.46 bits per heavy atom. The zero-order chi connectivity index (χ0) is 17.9. The number of nitrogens with one attached hydrogen (secondary N) is 1. The number of rotatable bonds is 6. The summed E-state index contributed by atoms with van der Waals surface area (Å²) in [6.07, 6.45) is 0. The molecule has 0 aliphatic carbocycles. The first-order valence-corrected chi connectivity index (χ1v) is 8.13. The number of aliphatic hydroxyl groups is 1. The van der Waals surface area contributed by atoms with Crippen LogP contribution in [0.4, 0.5) is 0 Å². The average Bonchev–Trinajstić information content (AvgIpc) is 2.52. The second-order valence-corrected chi connectivity index (χ2v) is 7.02. The van der Waals surface area contributed by atoms with Gasteiger partial charge in [0, 0.05) is 6.92 Å². The van der Waals surface area contributed by atoms with Crippen LogP contribution in [0.3, 0.4) is 0 Å². The summed E-state index contributed by atoms with van der Waals surface area (Å²) in [6.45, 7) is 7.31. The lowest BCUT2D eigenvalue weighted by Gasteiger charge is -2.51. The van der Waals surface area contributed by atoms with Crippen LogP contribution in [-0.2, 0) is 14.3 Å². The number of carbonyl (C=O) groups excluding carboxylic acids is 2. The minimum Gasteiger partial charge on any atom is -0.394 e. The zero-order valence-electron chi connectivity index (χ0n) is 14.7. The molecule has 1 aliphatic rings. The fourth-order valence-electron chi connectivity index (χ4n) is 2.87. The lowest BCUT2D eigenvalue weighted by molar-refractivity contribution is -0.167. The van der Waals surface area contributed by atoms with Crippen molar-refractivity contribution in [3.8, 4) is 0 Å². The Bertz CT molecular complexity index is 582. The van der Waals surface area contributed by atoms with E-state index in [1.54, 1.807) is 4.90 Å². The van der Waals surface area contributed by atoms with E-state index >= 15 is 0 Å². The van der Waals surface area contributed by atoms with E-state index in [9.17, 15) is 14.7 Å². The summed E-state index contributed by atoms with van der Waals surface area (Å²) in [4.78, 5) is 25.5. The van der Waals surface area contributed by atoms with Crippen LogP contribution in [0.5, 0.6) is 0 Å². The van der Waals surface area contributed by atoms with Crippen molar-refractivity contribution in [2.75, 3.05) is 13.2 Å². The smallest absolute Gasteiger partial charge is 0.248 e. The molecule has 0 aromatic heterocycles. The first kappa shape index (κ1) is 18.4. The van der Waals surface area contributed by atoms with E-state index in [1.807, 2.05) is 51.1 Å². The summed E-state index contributed by atoms with van der Waals surface area (Å²) in [5.41, 5.74) is 0.502. The van der Waals surface area contributed by atoms with Gasteiger partial charge >= 0.3 is 0 Å². The molecule has 2 amide bonds. The minimum absolute atomic E-state index is 0.186. The third-order valence-corrected chi connectivity index (χ3v) is 4.00. The number of hydrogen-bond donors (Lipinski definition) is 2. The molecule has 0 saturated carbocycles. The summed E-state index contributed by atoms with van der Waals surface area (Å²) >= 11 is 0. The molecule has 6 nitrogen and oxygen atoms in total. The van der Waals surface area contributed by atoms with Crippen molar-refractivity contribution in [2.45, 2.75) is 51.4 Å². The van der Waals surface area contributed by atoms with Crippen LogP contribution in [0.2, 0.25) is 0 Å². The molecule has 0 radical (unpaired) electrons. The molecule has 1 fully saturated rings. The lowest BCUT2D eigenvalue weighted by Crippen LogP contribution is -2.73. The molecule has 24 heavy (non-hydrogen) atoms. The first-order chi connectivity index (χ1) is 11.2. The molecular formula is C18H26N2O4. The van der Waals surface area contributed by atoms with Crippen LogP contribution >= 0.6 is 0 Å². The van der Waals surface area contributed by atoms with Crippen LogP contribution in [0, 0.1) is 0 Å². The number of benzene rings is 1. The maximum atomic E-state index is 12.6. The molecule has 1 saturated heterocycles. The Balaban J connectivity index is 2.21. The standard InChI is InChI=1S/C18H26N2O4/c1-12(22)19-16-15(11-24-18(2,3)4)20(17(16)23)14(10-21)13-8-6-5-7-9-13/h5-9,14-16,21H,10-11H2,1-4H3,(H,19,22)/t14-,15-,16+/m1/s1. The Labute approximate surface area is 142 Å². The third-order valence-electron chi connectivity index (χ3n) is 4.00.